The Labute approximate surface area is 107 Å². The molecule has 0 spiro atoms. The third-order valence-corrected chi connectivity index (χ3v) is 3.47. The lowest BCUT2D eigenvalue weighted by Gasteiger charge is -2.03. The number of hydrogen-bond acceptors (Lipinski definition) is 3. The van der Waals surface area contributed by atoms with Gasteiger partial charge in [0, 0.05) is 17.1 Å². The van der Waals surface area contributed by atoms with E-state index in [1.54, 1.807) is 11.8 Å². The van der Waals surface area contributed by atoms with E-state index in [1.807, 2.05) is 0 Å². The molecule has 1 aromatic rings. The number of primary amides is 1. The van der Waals surface area contributed by atoms with Crippen LogP contribution >= 0.6 is 11.8 Å². The van der Waals surface area contributed by atoms with Crippen LogP contribution in [-0.4, -0.2) is 18.2 Å². The smallest absolute Gasteiger partial charge is 0.218 e. The van der Waals surface area contributed by atoms with Crippen LogP contribution in [0.2, 0.25) is 0 Å². The third kappa shape index (κ3) is 6.34. The molecular formula is C13H20N2OS. The SMILES string of the molecule is NCCCCc1ccc(SCCC(N)=O)cc1. The second-order valence-corrected chi connectivity index (χ2v) is 5.12. The molecule has 0 atom stereocenters. The molecule has 1 aromatic carbocycles. The molecule has 0 aromatic heterocycles. The summed E-state index contributed by atoms with van der Waals surface area (Å²) in [7, 11) is 0. The molecule has 0 bridgehead atoms. The first kappa shape index (κ1) is 14.1. The number of carbonyl (C=O) groups excluding carboxylic acids is 1. The lowest BCUT2D eigenvalue weighted by molar-refractivity contribution is -0.117. The molecule has 0 unspecified atom stereocenters. The predicted molar refractivity (Wildman–Crippen MR) is 73.0 cm³/mol. The molecule has 0 saturated heterocycles. The van der Waals surface area contributed by atoms with Crippen LogP contribution in [-0.2, 0) is 11.2 Å². The number of unbranched alkanes of at least 4 members (excludes halogenated alkanes) is 1. The van der Waals surface area contributed by atoms with Crippen LogP contribution in [0.15, 0.2) is 29.2 Å². The Bertz CT molecular complexity index is 338. The fraction of sp³-hybridized carbons (Fsp3) is 0.462. The Morgan fingerprint density at radius 1 is 1.18 bits per heavy atom. The zero-order chi connectivity index (χ0) is 12.5. The van der Waals surface area contributed by atoms with Gasteiger partial charge < -0.3 is 11.5 Å². The van der Waals surface area contributed by atoms with Gasteiger partial charge in [0.2, 0.25) is 5.91 Å². The average Bonchev–Trinajstić information content (AvgIpc) is 2.31. The highest BCUT2D eigenvalue weighted by Crippen LogP contribution is 2.19. The molecule has 94 valence electrons. The maximum absolute atomic E-state index is 10.6. The number of nitrogens with two attached hydrogens (primary N) is 2. The van der Waals surface area contributed by atoms with Crippen molar-refractivity contribution in [3.05, 3.63) is 29.8 Å². The Morgan fingerprint density at radius 3 is 2.47 bits per heavy atom. The normalized spacial score (nSPS) is 10.4. The molecule has 4 heteroatoms. The van der Waals surface area contributed by atoms with Gasteiger partial charge in [0.05, 0.1) is 0 Å². The Kier molecular flexibility index (Phi) is 6.74. The van der Waals surface area contributed by atoms with E-state index in [1.165, 1.54) is 10.5 Å². The molecule has 17 heavy (non-hydrogen) atoms. The topological polar surface area (TPSA) is 69.1 Å². The van der Waals surface area contributed by atoms with Crippen LogP contribution < -0.4 is 11.5 Å². The quantitative estimate of drug-likeness (QED) is 0.548. The molecule has 4 N–H and O–H groups in total. The maximum Gasteiger partial charge on any atom is 0.218 e. The maximum atomic E-state index is 10.6. The minimum Gasteiger partial charge on any atom is -0.370 e. The highest BCUT2D eigenvalue weighted by Gasteiger charge is 1.98. The average molecular weight is 252 g/mol. The van der Waals surface area contributed by atoms with E-state index in [2.05, 4.69) is 24.3 Å². The lowest BCUT2D eigenvalue weighted by Crippen LogP contribution is -2.10. The second kappa shape index (κ2) is 8.14. The van der Waals surface area contributed by atoms with Crippen molar-refractivity contribution < 1.29 is 4.79 Å². The Hall–Kier alpha value is -1.00. The van der Waals surface area contributed by atoms with E-state index in [0.29, 0.717) is 6.42 Å². The van der Waals surface area contributed by atoms with Gasteiger partial charge in [0.15, 0.2) is 0 Å². The minimum absolute atomic E-state index is 0.240. The number of thioether (sulfide) groups is 1. The van der Waals surface area contributed by atoms with Gasteiger partial charge in [0.25, 0.3) is 0 Å². The van der Waals surface area contributed by atoms with Gasteiger partial charge in [0.1, 0.15) is 0 Å². The van der Waals surface area contributed by atoms with Gasteiger partial charge in [-0.2, -0.15) is 0 Å². The number of benzene rings is 1. The summed E-state index contributed by atoms with van der Waals surface area (Å²) in [6.07, 6.45) is 3.74. The number of rotatable bonds is 8. The third-order valence-electron chi connectivity index (χ3n) is 2.46. The zero-order valence-electron chi connectivity index (χ0n) is 10.0. The summed E-state index contributed by atoms with van der Waals surface area (Å²) in [4.78, 5) is 11.8. The van der Waals surface area contributed by atoms with E-state index in [0.717, 1.165) is 31.6 Å². The first-order valence-electron chi connectivity index (χ1n) is 5.92. The van der Waals surface area contributed by atoms with Crippen molar-refractivity contribution >= 4 is 17.7 Å². The van der Waals surface area contributed by atoms with E-state index < -0.39 is 0 Å². The number of aryl methyl sites for hydroxylation is 1. The first-order chi connectivity index (χ1) is 8.22. The van der Waals surface area contributed by atoms with Gasteiger partial charge in [-0.1, -0.05) is 12.1 Å². The van der Waals surface area contributed by atoms with Gasteiger partial charge in [-0.15, -0.1) is 11.8 Å². The van der Waals surface area contributed by atoms with Crippen LogP contribution in [0, 0.1) is 0 Å². The predicted octanol–water partition coefficient (Wildman–Crippen LogP) is 1.94. The summed E-state index contributed by atoms with van der Waals surface area (Å²) in [5.74, 6) is 0.512. The largest absolute Gasteiger partial charge is 0.370 e. The molecule has 0 aliphatic heterocycles. The van der Waals surface area contributed by atoms with Crippen LogP contribution in [0.1, 0.15) is 24.8 Å². The summed E-state index contributed by atoms with van der Waals surface area (Å²) < 4.78 is 0. The summed E-state index contributed by atoms with van der Waals surface area (Å²) >= 11 is 1.66. The summed E-state index contributed by atoms with van der Waals surface area (Å²) in [6, 6.07) is 8.49. The van der Waals surface area contributed by atoms with E-state index in [-0.39, 0.29) is 5.91 Å². The standard InChI is InChI=1S/C13H20N2OS/c14-9-2-1-3-11-4-6-12(7-5-11)17-10-8-13(15)16/h4-7H,1-3,8-10,14H2,(H2,15,16). The zero-order valence-corrected chi connectivity index (χ0v) is 10.8. The second-order valence-electron chi connectivity index (χ2n) is 3.95. The molecule has 0 aliphatic carbocycles. The highest BCUT2D eigenvalue weighted by molar-refractivity contribution is 7.99. The van der Waals surface area contributed by atoms with Gasteiger partial charge in [-0.05, 0) is 43.5 Å². The summed E-state index contributed by atoms with van der Waals surface area (Å²) in [6.45, 7) is 0.765. The lowest BCUT2D eigenvalue weighted by atomic mass is 10.1. The molecule has 0 heterocycles. The fourth-order valence-corrected chi connectivity index (χ4v) is 2.36. The molecule has 3 nitrogen and oxygen atoms in total. The van der Waals surface area contributed by atoms with Crippen molar-refractivity contribution in [1.29, 1.82) is 0 Å². The van der Waals surface area contributed by atoms with Gasteiger partial charge >= 0.3 is 0 Å². The molecule has 0 radical (unpaired) electrons. The minimum atomic E-state index is -0.240. The molecule has 1 amide bonds. The van der Waals surface area contributed by atoms with Crippen molar-refractivity contribution in [3.8, 4) is 0 Å². The van der Waals surface area contributed by atoms with Crippen LogP contribution in [0.3, 0.4) is 0 Å². The van der Waals surface area contributed by atoms with E-state index in [4.69, 9.17) is 11.5 Å². The molecule has 1 rings (SSSR count). The van der Waals surface area contributed by atoms with E-state index >= 15 is 0 Å². The van der Waals surface area contributed by atoms with Crippen LogP contribution in [0.4, 0.5) is 0 Å². The number of amides is 1. The van der Waals surface area contributed by atoms with Crippen molar-refractivity contribution in [2.24, 2.45) is 11.5 Å². The van der Waals surface area contributed by atoms with Crippen molar-refractivity contribution in [2.75, 3.05) is 12.3 Å². The van der Waals surface area contributed by atoms with Gasteiger partial charge in [-0.25, -0.2) is 0 Å². The Balaban J connectivity index is 2.31. The van der Waals surface area contributed by atoms with Crippen LogP contribution in [0.25, 0.3) is 0 Å². The van der Waals surface area contributed by atoms with Crippen molar-refractivity contribution in [1.82, 2.24) is 0 Å². The number of hydrogen-bond donors (Lipinski definition) is 2. The summed E-state index contributed by atoms with van der Waals surface area (Å²) in [5.41, 5.74) is 11.9. The van der Waals surface area contributed by atoms with Crippen molar-refractivity contribution in [2.45, 2.75) is 30.6 Å². The summed E-state index contributed by atoms with van der Waals surface area (Å²) in [5, 5.41) is 0. The molecule has 0 saturated carbocycles. The molecule has 0 fully saturated rings. The first-order valence-corrected chi connectivity index (χ1v) is 6.91. The number of carbonyl (C=O) groups is 1. The fourth-order valence-electron chi connectivity index (χ4n) is 1.50. The molecule has 0 aliphatic rings. The highest BCUT2D eigenvalue weighted by atomic mass is 32.2. The van der Waals surface area contributed by atoms with Gasteiger partial charge in [-0.3, -0.25) is 4.79 Å². The monoisotopic (exact) mass is 252 g/mol. The Morgan fingerprint density at radius 2 is 1.88 bits per heavy atom. The van der Waals surface area contributed by atoms with Crippen molar-refractivity contribution in [3.63, 3.8) is 0 Å². The van der Waals surface area contributed by atoms with E-state index in [9.17, 15) is 4.79 Å². The van der Waals surface area contributed by atoms with Crippen LogP contribution in [0.5, 0.6) is 0 Å². The molecular weight excluding hydrogens is 232 g/mol.